The molecule has 0 radical (unpaired) electrons. The number of rotatable bonds is 3. The maximum Gasteiger partial charge on any atom is 0.120 e. The van der Waals surface area contributed by atoms with Crippen LogP contribution in [-0.4, -0.2) is 9.97 Å². The lowest BCUT2D eigenvalue weighted by atomic mass is 9.96. The second kappa shape index (κ2) is 4.94. The van der Waals surface area contributed by atoms with E-state index in [1.54, 1.807) is 0 Å². The first-order valence-electron chi connectivity index (χ1n) is 6.39. The third kappa shape index (κ3) is 2.31. The van der Waals surface area contributed by atoms with Gasteiger partial charge in [-0.15, -0.1) is 0 Å². The van der Waals surface area contributed by atoms with Gasteiger partial charge in [-0.25, -0.2) is 4.98 Å². The van der Waals surface area contributed by atoms with Crippen molar-refractivity contribution in [3.63, 3.8) is 0 Å². The number of aromatic nitrogens is 2. The Morgan fingerprint density at radius 1 is 1.28 bits per heavy atom. The molecule has 0 fully saturated rings. The zero-order valence-corrected chi connectivity index (χ0v) is 11.5. The van der Waals surface area contributed by atoms with Crippen LogP contribution in [0.4, 0.5) is 0 Å². The summed E-state index contributed by atoms with van der Waals surface area (Å²) in [5.74, 6) is 1.37. The predicted molar refractivity (Wildman–Crippen MR) is 75.5 cm³/mol. The van der Waals surface area contributed by atoms with E-state index in [1.807, 2.05) is 6.92 Å². The molecule has 0 atom stereocenters. The molecule has 3 nitrogen and oxygen atoms in total. The van der Waals surface area contributed by atoms with Crippen molar-refractivity contribution in [2.75, 3.05) is 0 Å². The van der Waals surface area contributed by atoms with Gasteiger partial charge in [-0.1, -0.05) is 26.0 Å². The number of H-pyrrole nitrogens is 1. The van der Waals surface area contributed by atoms with Gasteiger partial charge in [0.15, 0.2) is 0 Å². The monoisotopic (exact) mass is 243 g/mol. The Kier molecular flexibility index (Phi) is 3.53. The number of nitrogens with two attached hydrogens (primary N) is 1. The standard InChI is InChI=1S/C15H21N3/c1-9(2)12-6-5-10(3)13(7-12)15-11(4)17-14(8-16)18-15/h5-7,9H,8,16H2,1-4H3,(H,17,18). The molecular formula is C15H21N3. The molecule has 18 heavy (non-hydrogen) atoms. The first-order valence-corrected chi connectivity index (χ1v) is 6.39. The molecule has 1 heterocycles. The minimum atomic E-state index is 0.448. The summed E-state index contributed by atoms with van der Waals surface area (Å²) in [5.41, 5.74) is 11.5. The fourth-order valence-electron chi connectivity index (χ4n) is 2.14. The van der Waals surface area contributed by atoms with Crippen LogP contribution in [0.2, 0.25) is 0 Å². The Balaban J connectivity index is 2.54. The smallest absolute Gasteiger partial charge is 0.120 e. The van der Waals surface area contributed by atoms with E-state index in [-0.39, 0.29) is 0 Å². The maximum absolute atomic E-state index is 5.63. The summed E-state index contributed by atoms with van der Waals surface area (Å²) in [6.45, 7) is 9.02. The highest BCUT2D eigenvalue weighted by Crippen LogP contribution is 2.28. The normalized spacial score (nSPS) is 11.2. The molecule has 96 valence electrons. The highest BCUT2D eigenvalue weighted by molar-refractivity contribution is 5.67. The van der Waals surface area contributed by atoms with E-state index in [4.69, 9.17) is 5.73 Å². The SMILES string of the molecule is Cc1ccc(C(C)C)cc1-c1nc(CN)[nH]c1C. The molecule has 0 saturated carbocycles. The van der Waals surface area contributed by atoms with Gasteiger partial charge in [0.1, 0.15) is 5.82 Å². The molecule has 0 spiro atoms. The fraction of sp³-hybridized carbons (Fsp3) is 0.400. The van der Waals surface area contributed by atoms with Crippen LogP contribution in [0.15, 0.2) is 18.2 Å². The Morgan fingerprint density at radius 2 is 2.00 bits per heavy atom. The lowest BCUT2D eigenvalue weighted by molar-refractivity contribution is 0.866. The highest BCUT2D eigenvalue weighted by Gasteiger charge is 2.12. The average Bonchev–Trinajstić information content (AvgIpc) is 2.71. The van der Waals surface area contributed by atoms with Crippen molar-refractivity contribution >= 4 is 0 Å². The molecule has 0 amide bonds. The van der Waals surface area contributed by atoms with E-state index in [1.165, 1.54) is 16.7 Å². The van der Waals surface area contributed by atoms with E-state index in [0.29, 0.717) is 12.5 Å². The number of benzene rings is 1. The average molecular weight is 243 g/mol. The summed E-state index contributed by atoms with van der Waals surface area (Å²) >= 11 is 0. The Hall–Kier alpha value is -1.61. The van der Waals surface area contributed by atoms with Gasteiger partial charge in [-0.05, 0) is 37.0 Å². The second-order valence-electron chi connectivity index (χ2n) is 5.09. The van der Waals surface area contributed by atoms with Crippen LogP contribution in [0.1, 0.15) is 42.4 Å². The quantitative estimate of drug-likeness (QED) is 0.869. The zero-order chi connectivity index (χ0) is 13.3. The molecule has 2 rings (SSSR count). The van der Waals surface area contributed by atoms with Crippen LogP contribution in [0, 0.1) is 13.8 Å². The van der Waals surface area contributed by atoms with Crippen LogP contribution in [-0.2, 0) is 6.54 Å². The minimum absolute atomic E-state index is 0.448. The van der Waals surface area contributed by atoms with E-state index < -0.39 is 0 Å². The molecule has 3 N–H and O–H groups in total. The van der Waals surface area contributed by atoms with Gasteiger partial charge < -0.3 is 10.7 Å². The number of hydrogen-bond acceptors (Lipinski definition) is 2. The van der Waals surface area contributed by atoms with Gasteiger partial charge in [0.2, 0.25) is 0 Å². The maximum atomic E-state index is 5.63. The van der Waals surface area contributed by atoms with E-state index in [9.17, 15) is 0 Å². The highest BCUT2D eigenvalue weighted by atomic mass is 15.0. The van der Waals surface area contributed by atoms with Crippen molar-refractivity contribution in [1.29, 1.82) is 0 Å². The minimum Gasteiger partial charge on any atom is -0.344 e. The summed E-state index contributed by atoms with van der Waals surface area (Å²) in [7, 11) is 0. The molecule has 0 aliphatic heterocycles. The van der Waals surface area contributed by atoms with E-state index in [0.717, 1.165) is 17.2 Å². The Morgan fingerprint density at radius 3 is 2.56 bits per heavy atom. The third-order valence-electron chi connectivity index (χ3n) is 3.31. The number of imidazole rings is 1. The molecule has 0 aliphatic carbocycles. The van der Waals surface area contributed by atoms with Crippen molar-refractivity contribution < 1.29 is 0 Å². The van der Waals surface area contributed by atoms with Crippen LogP contribution in [0.3, 0.4) is 0 Å². The summed E-state index contributed by atoms with van der Waals surface area (Å²) in [6.07, 6.45) is 0. The molecule has 0 unspecified atom stereocenters. The van der Waals surface area contributed by atoms with Crippen molar-refractivity contribution in [2.24, 2.45) is 5.73 Å². The third-order valence-corrected chi connectivity index (χ3v) is 3.31. The van der Waals surface area contributed by atoms with E-state index in [2.05, 4.69) is 48.9 Å². The Bertz CT molecular complexity index is 553. The molecule has 0 saturated heterocycles. The van der Waals surface area contributed by atoms with Crippen LogP contribution < -0.4 is 5.73 Å². The molecule has 0 aliphatic rings. The number of nitrogens with one attached hydrogen (secondary N) is 1. The molecule has 3 heteroatoms. The number of aryl methyl sites for hydroxylation is 2. The topological polar surface area (TPSA) is 54.7 Å². The van der Waals surface area contributed by atoms with Gasteiger partial charge in [0.25, 0.3) is 0 Å². The second-order valence-corrected chi connectivity index (χ2v) is 5.09. The van der Waals surface area contributed by atoms with Crippen LogP contribution in [0.5, 0.6) is 0 Å². The molecule has 1 aromatic heterocycles. The molecular weight excluding hydrogens is 222 g/mol. The number of aromatic amines is 1. The van der Waals surface area contributed by atoms with E-state index >= 15 is 0 Å². The predicted octanol–water partition coefficient (Wildman–Crippen LogP) is 3.28. The summed E-state index contributed by atoms with van der Waals surface area (Å²) < 4.78 is 0. The van der Waals surface area contributed by atoms with Gasteiger partial charge in [-0.2, -0.15) is 0 Å². The largest absolute Gasteiger partial charge is 0.344 e. The van der Waals surface area contributed by atoms with Crippen LogP contribution >= 0.6 is 0 Å². The van der Waals surface area contributed by atoms with Gasteiger partial charge >= 0.3 is 0 Å². The lowest BCUT2D eigenvalue weighted by Gasteiger charge is -2.10. The van der Waals surface area contributed by atoms with Crippen LogP contribution in [0.25, 0.3) is 11.3 Å². The number of hydrogen-bond donors (Lipinski definition) is 2. The first kappa shape index (κ1) is 12.8. The van der Waals surface area contributed by atoms with Crippen molar-refractivity contribution in [2.45, 2.75) is 40.2 Å². The lowest BCUT2D eigenvalue weighted by Crippen LogP contribution is -1.98. The van der Waals surface area contributed by atoms with Crippen molar-refractivity contribution in [3.8, 4) is 11.3 Å². The van der Waals surface area contributed by atoms with Gasteiger partial charge in [-0.3, -0.25) is 0 Å². The molecule has 1 aromatic carbocycles. The fourth-order valence-corrected chi connectivity index (χ4v) is 2.14. The van der Waals surface area contributed by atoms with Gasteiger partial charge in [0, 0.05) is 11.3 Å². The zero-order valence-electron chi connectivity index (χ0n) is 11.5. The van der Waals surface area contributed by atoms with Gasteiger partial charge in [0.05, 0.1) is 12.2 Å². The van der Waals surface area contributed by atoms with Crippen molar-refractivity contribution in [1.82, 2.24) is 9.97 Å². The Labute approximate surface area is 108 Å². The molecule has 2 aromatic rings. The van der Waals surface area contributed by atoms with Crippen molar-refractivity contribution in [3.05, 3.63) is 40.8 Å². The summed E-state index contributed by atoms with van der Waals surface area (Å²) in [5, 5.41) is 0. The first-order chi connectivity index (χ1) is 8.52. The summed E-state index contributed by atoms with van der Waals surface area (Å²) in [4.78, 5) is 7.81. The molecule has 0 bridgehead atoms. The summed E-state index contributed by atoms with van der Waals surface area (Å²) in [6, 6.07) is 6.60. The number of nitrogens with zero attached hydrogens (tertiary/aromatic N) is 1.